The van der Waals surface area contributed by atoms with Crippen LogP contribution in [0.2, 0.25) is 0 Å². The maximum atomic E-state index is 11.2. The fraction of sp³-hybridized carbons (Fsp3) is 0.364. The summed E-state index contributed by atoms with van der Waals surface area (Å²) in [6.45, 7) is 2.88. The van der Waals surface area contributed by atoms with E-state index in [0.29, 0.717) is 18.8 Å². The van der Waals surface area contributed by atoms with Gasteiger partial charge in [0.15, 0.2) is 0 Å². The molecule has 1 aromatic carbocycles. The molecular weight excluding hydrogens is 192 g/mol. The minimum Gasteiger partial charge on any atom is -0.410 e. The van der Waals surface area contributed by atoms with Crippen molar-refractivity contribution in [2.75, 3.05) is 13.1 Å². The van der Waals surface area contributed by atoms with Gasteiger partial charge in [-0.25, -0.2) is 4.79 Å². The van der Waals surface area contributed by atoms with Crippen molar-refractivity contribution < 1.29 is 9.53 Å². The Bertz CT molecular complexity index is 326. The molecule has 0 spiro atoms. The van der Waals surface area contributed by atoms with E-state index in [0.717, 1.165) is 12.0 Å². The SMILES string of the molecule is CCc1cccc(OC(=O)NCCN)c1. The number of aryl methyl sites for hydroxylation is 1. The van der Waals surface area contributed by atoms with Gasteiger partial charge in [0.05, 0.1) is 0 Å². The molecule has 82 valence electrons. The van der Waals surface area contributed by atoms with Crippen LogP contribution in [-0.2, 0) is 6.42 Å². The lowest BCUT2D eigenvalue weighted by molar-refractivity contribution is 0.201. The summed E-state index contributed by atoms with van der Waals surface area (Å²) in [5.74, 6) is 0.559. The Balaban J connectivity index is 2.52. The van der Waals surface area contributed by atoms with Crippen molar-refractivity contribution in [2.24, 2.45) is 5.73 Å². The third-order valence-corrected chi connectivity index (χ3v) is 1.93. The van der Waals surface area contributed by atoms with Crippen LogP contribution in [-0.4, -0.2) is 19.2 Å². The second kappa shape index (κ2) is 6.03. The van der Waals surface area contributed by atoms with Gasteiger partial charge in [0.25, 0.3) is 0 Å². The molecule has 0 aliphatic heterocycles. The lowest BCUT2D eigenvalue weighted by Gasteiger charge is -2.06. The molecule has 1 amide bonds. The van der Waals surface area contributed by atoms with Gasteiger partial charge in [-0.3, -0.25) is 0 Å². The molecule has 0 aromatic heterocycles. The second-order valence-electron chi connectivity index (χ2n) is 3.11. The van der Waals surface area contributed by atoms with Crippen LogP contribution in [0, 0.1) is 0 Å². The highest BCUT2D eigenvalue weighted by Crippen LogP contribution is 2.13. The molecule has 15 heavy (non-hydrogen) atoms. The van der Waals surface area contributed by atoms with Crippen LogP contribution in [0.3, 0.4) is 0 Å². The summed E-state index contributed by atoms with van der Waals surface area (Å²) in [5, 5.41) is 2.53. The number of ether oxygens (including phenoxy) is 1. The normalized spacial score (nSPS) is 9.73. The van der Waals surface area contributed by atoms with E-state index in [9.17, 15) is 4.79 Å². The predicted octanol–water partition coefficient (Wildman–Crippen LogP) is 1.30. The quantitative estimate of drug-likeness (QED) is 0.783. The van der Waals surface area contributed by atoms with Crippen molar-refractivity contribution in [3.63, 3.8) is 0 Å². The van der Waals surface area contributed by atoms with Crippen molar-refractivity contribution in [1.29, 1.82) is 0 Å². The molecule has 0 bridgehead atoms. The Morgan fingerprint density at radius 1 is 1.53 bits per heavy atom. The summed E-state index contributed by atoms with van der Waals surface area (Å²) in [5.41, 5.74) is 6.38. The number of rotatable bonds is 4. The number of nitrogens with two attached hydrogens (primary N) is 1. The summed E-state index contributed by atoms with van der Waals surface area (Å²) >= 11 is 0. The number of nitrogens with one attached hydrogen (secondary N) is 1. The summed E-state index contributed by atoms with van der Waals surface area (Å²) in [4.78, 5) is 11.2. The molecule has 0 heterocycles. The Morgan fingerprint density at radius 2 is 2.33 bits per heavy atom. The van der Waals surface area contributed by atoms with E-state index in [4.69, 9.17) is 10.5 Å². The molecule has 1 aromatic rings. The van der Waals surface area contributed by atoms with Crippen LogP contribution in [0.25, 0.3) is 0 Å². The molecule has 3 N–H and O–H groups in total. The van der Waals surface area contributed by atoms with Crippen molar-refractivity contribution >= 4 is 6.09 Å². The molecule has 4 heteroatoms. The number of hydrogen-bond donors (Lipinski definition) is 2. The number of carbonyl (C=O) groups excluding carboxylic acids is 1. The van der Waals surface area contributed by atoms with Crippen LogP contribution in [0.1, 0.15) is 12.5 Å². The zero-order chi connectivity index (χ0) is 11.1. The minimum atomic E-state index is -0.464. The third kappa shape index (κ3) is 3.99. The van der Waals surface area contributed by atoms with E-state index in [1.54, 1.807) is 6.07 Å². The van der Waals surface area contributed by atoms with E-state index in [1.807, 2.05) is 25.1 Å². The fourth-order valence-electron chi connectivity index (χ4n) is 1.15. The monoisotopic (exact) mass is 208 g/mol. The van der Waals surface area contributed by atoms with Crippen LogP contribution in [0.15, 0.2) is 24.3 Å². The van der Waals surface area contributed by atoms with Gasteiger partial charge in [0.2, 0.25) is 0 Å². The van der Waals surface area contributed by atoms with Crippen molar-refractivity contribution in [1.82, 2.24) is 5.32 Å². The maximum Gasteiger partial charge on any atom is 0.412 e. The topological polar surface area (TPSA) is 64.3 Å². The molecule has 0 fully saturated rings. The number of amides is 1. The van der Waals surface area contributed by atoms with Gasteiger partial charge in [0, 0.05) is 13.1 Å². The molecule has 0 aliphatic carbocycles. The van der Waals surface area contributed by atoms with Gasteiger partial charge in [-0.05, 0) is 24.1 Å². The first-order valence-corrected chi connectivity index (χ1v) is 5.01. The molecule has 0 unspecified atom stereocenters. The largest absolute Gasteiger partial charge is 0.412 e. The van der Waals surface area contributed by atoms with Gasteiger partial charge in [-0.2, -0.15) is 0 Å². The average Bonchev–Trinajstić information content (AvgIpc) is 2.26. The zero-order valence-corrected chi connectivity index (χ0v) is 8.82. The molecule has 1 rings (SSSR count). The highest BCUT2D eigenvalue weighted by Gasteiger charge is 2.02. The van der Waals surface area contributed by atoms with Crippen LogP contribution in [0.5, 0.6) is 5.75 Å². The van der Waals surface area contributed by atoms with Gasteiger partial charge in [0.1, 0.15) is 5.75 Å². The summed E-state index contributed by atoms with van der Waals surface area (Å²) in [6, 6.07) is 7.46. The Kier molecular flexibility index (Phi) is 4.63. The predicted molar refractivity (Wildman–Crippen MR) is 58.9 cm³/mol. The lowest BCUT2D eigenvalue weighted by atomic mass is 10.2. The fourth-order valence-corrected chi connectivity index (χ4v) is 1.15. The second-order valence-corrected chi connectivity index (χ2v) is 3.11. The number of carbonyl (C=O) groups is 1. The van der Waals surface area contributed by atoms with Crippen molar-refractivity contribution in [2.45, 2.75) is 13.3 Å². The van der Waals surface area contributed by atoms with E-state index < -0.39 is 6.09 Å². The zero-order valence-electron chi connectivity index (χ0n) is 8.82. The van der Waals surface area contributed by atoms with E-state index in [-0.39, 0.29) is 0 Å². The first kappa shape index (κ1) is 11.5. The van der Waals surface area contributed by atoms with Gasteiger partial charge < -0.3 is 15.8 Å². The Labute approximate surface area is 89.4 Å². The van der Waals surface area contributed by atoms with Gasteiger partial charge in [-0.15, -0.1) is 0 Å². The van der Waals surface area contributed by atoms with E-state index in [1.165, 1.54) is 0 Å². The van der Waals surface area contributed by atoms with Crippen molar-refractivity contribution in [3.05, 3.63) is 29.8 Å². The molecule has 0 saturated heterocycles. The highest BCUT2D eigenvalue weighted by molar-refractivity contribution is 5.70. The number of hydrogen-bond acceptors (Lipinski definition) is 3. The van der Waals surface area contributed by atoms with Crippen LogP contribution in [0.4, 0.5) is 4.79 Å². The molecule has 0 saturated carbocycles. The van der Waals surface area contributed by atoms with Gasteiger partial charge in [-0.1, -0.05) is 19.1 Å². The van der Waals surface area contributed by atoms with Crippen LogP contribution < -0.4 is 15.8 Å². The van der Waals surface area contributed by atoms with E-state index >= 15 is 0 Å². The highest BCUT2D eigenvalue weighted by atomic mass is 16.6. The smallest absolute Gasteiger partial charge is 0.410 e. The maximum absolute atomic E-state index is 11.2. The minimum absolute atomic E-state index is 0.407. The summed E-state index contributed by atoms with van der Waals surface area (Å²) < 4.78 is 5.05. The van der Waals surface area contributed by atoms with Crippen molar-refractivity contribution in [3.8, 4) is 5.75 Å². The summed E-state index contributed by atoms with van der Waals surface area (Å²) in [6.07, 6.45) is 0.454. The molecule has 4 nitrogen and oxygen atoms in total. The third-order valence-electron chi connectivity index (χ3n) is 1.93. The molecule has 0 atom stereocenters. The average molecular weight is 208 g/mol. The molecular formula is C11H16N2O2. The molecule has 0 aliphatic rings. The van der Waals surface area contributed by atoms with Crippen LogP contribution >= 0.6 is 0 Å². The summed E-state index contributed by atoms with van der Waals surface area (Å²) in [7, 11) is 0. The first-order chi connectivity index (χ1) is 7.26. The first-order valence-electron chi connectivity index (χ1n) is 5.01. The number of benzene rings is 1. The lowest BCUT2D eigenvalue weighted by Crippen LogP contribution is -2.31. The Morgan fingerprint density at radius 3 is 3.00 bits per heavy atom. The standard InChI is InChI=1S/C11H16N2O2/c1-2-9-4-3-5-10(8-9)15-11(14)13-7-6-12/h3-5,8H,2,6-7,12H2,1H3,(H,13,14). The molecule has 0 radical (unpaired) electrons. The van der Waals surface area contributed by atoms with E-state index in [2.05, 4.69) is 5.32 Å². The van der Waals surface area contributed by atoms with Gasteiger partial charge >= 0.3 is 6.09 Å². The Hall–Kier alpha value is -1.55.